The first kappa shape index (κ1) is 14.4. The van der Waals surface area contributed by atoms with Crippen molar-refractivity contribution in [2.24, 2.45) is 5.92 Å². The molecule has 3 atom stereocenters. The van der Waals surface area contributed by atoms with Crippen molar-refractivity contribution in [3.63, 3.8) is 0 Å². The maximum absolute atomic E-state index is 5.78. The Balaban J connectivity index is 2.27. The van der Waals surface area contributed by atoms with Gasteiger partial charge in [-0.15, -0.1) is 0 Å². The molecule has 0 bridgehead atoms. The zero-order valence-electron chi connectivity index (χ0n) is 10.7. The number of hydrogen-bond acceptors (Lipinski definition) is 2. The molecule has 4 heteroatoms. The van der Waals surface area contributed by atoms with Gasteiger partial charge in [0, 0.05) is 27.4 Å². The van der Waals surface area contributed by atoms with Crippen molar-refractivity contribution in [1.82, 2.24) is 0 Å². The van der Waals surface area contributed by atoms with E-state index in [9.17, 15) is 0 Å². The number of alkyl halides is 1. The van der Waals surface area contributed by atoms with E-state index in [0.29, 0.717) is 12.0 Å². The van der Waals surface area contributed by atoms with Crippen LogP contribution in [0.4, 0.5) is 0 Å². The van der Waals surface area contributed by atoms with Gasteiger partial charge < -0.3 is 9.47 Å². The molecule has 1 aliphatic heterocycles. The van der Waals surface area contributed by atoms with E-state index in [-0.39, 0.29) is 4.83 Å². The van der Waals surface area contributed by atoms with Crippen LogP contribution in [0.15, 0.2) is 22.7 Å². The van der Waals surface area contributed by atoms with E-state index in [2.05, 4.69) is 44.8 Å². The van der Waals surface area contributed by atoms with E-state index in [1.54, 1.807) is 7.11 Å². The molecule has 0 aliphatic carbocycles. The summed E-state index contributed by atoms with van der Waals surface area (Å²) in [6.45, 7) is 3.04. The lowest BCUT2D eigenvalue weighted by Crippen LogP contribution is -2.19. The second-order valence-corrected chi connectivity index (χ2v) is 6.46. The van der Waals surface area contributed by atoms with Gasteiger partial charge in [-0.05, 0) is 31.0 Å². The maximum atomic E-state index is 5.78. The molecule has 2 rings (SSSR count). The lowest BCUT2D eigenvalue weighted by Gasteiger charge is -2.24. The average molecular weight is 378 g/mol. The predicted octanol–water partition coefficient (Wildman–Crippen LogP) is 4.71. The zero-order chi connectivity index (χ0) is 13.1. The molecule has 1 fully saturated rings. The van der Waals surface area contributed by atoms with E-state index < -0.39 is 0 Å². The molecule has 3 unspecified atom stereocenters. The number of ether oxygens (including phenoxy) is 2. The van der Waals surface area contributed by atoms with Gasteiger partial charge in [-0.2, -0.15) is 0 Å². The molecular weight excluding hydrogens is 360 g/mol. The molecule has 1 saturated heterocycles. The molecule has 0 radical (unpaired) electrons. The molecule has 100 valence electrons. The van der Waals surface area contributed by atoms with Crippen LogP contribution in [0.5, 0.6) is 5.75 Å². The van der Waals surface area contributed by atoms with E-state index >= 15 is 0 Å². The van der Waals surface area contributed by atoms with Crippen molar-refractivity contribution < 1.29 is 9.47 Å². The predicted molar refractivity (Wildman–Crippen MR) is 80.5 cm³/mol. The van der Waals surface area contributed by atoms with Gasteiger partial charge in [-0.1, -0.05) is 38.8 Å². The Kier molecular flexibility index (Phi) is 5.10. The molecule has 1 aliphatic rings. The normalized spacial score (nSPS) is 25.1. The molecule has 1 heterocycles. The van der Waals surface area contributed by atoms with Crippen molar-refractivity contribution in [2.45, 2.75) is 30.7 Å². The Labute approximate surface area is 125 Å². The first-order valence-corrected chi connectivity index (χ1v) is 7.97. The zero-order valence-corrected chi connectivity index (χ0v) is 13.8. The highest BCUT2D eigenvalue weighted by Gasteiger charge is 2.34. The monoisotopic (exact) mass is 376 g/mol. The molecule has 0 saturated carbocycles. The third-order valence-corrected chi connectivity index (χ3v) is 5.19. The van der Waals surface area contributed by atoms with Crippen LogP contribution >= 0.6 is 31.9 Å². The highest BCUT2D eigenvalue weighted by Crippen LogP contribution is 2.44. The van der Waals surface area contributed by atoms with Crippen molar-refractivity contribution in [3.8, 4) is 5.75 Å². The van der Waals surface area contributed by atoms with Crippen molar-refractivity contribution >= 4 is 31.9 Å². The minimum absolute atomic E-state index is 0.275. The minimum Gasteiger partial charge on any atom is -0.496 e. The number of halogens is 2. The van der Waals surface area contributed by atoms with Crippen LogP contribution in [0, 0.1) is 5.92 Å². The Bertz CT molecular complexity index is 409. The molecule has 1 aromatic carbocycles. The van der Waals surface area contributed by atoms with Crippen molar-refractivity contribution in [3.05, 3.63) is 28.2 Å². The summed E-state index contributed by atoms with van der Waals surface area (Å²) in [7, 11) is 1.72. The quantitative estimate of drug-likeness (QED) is 0.707. The third kappa shape index (κ3) is 2.91. The largest absolute Gasteiger partial charge is 0.496 e. The van der Waals surface area contributed by atoms with Gasteiger partial charge in [-0.25, -0.2) is 0 Å². The van der Waals surface area contributed by atoms with Gasteiger partial charge in [0.05, 0.1) is 13.2 Å². The Morgan fingerprint density at radius 1 is 1.50 bits per heavy atom. The smallest absolute Gasteiger partial charge is 0.123 e. The summed E-state index contributed by atoms with van der Waals surface area (Å²) in [4.78, 5) is 0.275. The number of benzene rings is 1. The number of hydrogen-bond donors (Lipinski definition) is 0. The van der Waals surface area contributed by atoms with Crippen LogP contribution in [0.1, 0.15) is 30.2 Å². The van der Waals surface area contributed by atoms with Gasteiger partial charge in [0.25, 0.3) is 0 Å². The fourth-order valence-corrected chi connectivity index (χ4v) is 3.91. The molecule has 0 aromatic heterocycles. The van der Waals surface area contributed by atoms with Crippen LogP contribution < -0.4 is 4.74 Å². The Morgan fingerprint density at radius 3 is 2.94 bits per heavy atom. The first-order valence-electron chi connectivity index (χ1n) is 6.26. The Hall–Kier alpha value is -0.0600. The third-order valence-electron chi connectivity index (χ3n) is 3.53. The average Bonchev–Trinajstić information content (AvgIpc) is 2.86. The molecule has 1 aromatic rings. The molecular formula is C14H18Br2O2. The number of methoxy groups -OCH3 is 1. The van der Waals surface area contributed by atoms with E-state index in [4.69, 9.17) is 9.47 Å². The molecule has 2 nitrogen and oxygen atoms in total. The lowest BCUT2D eigenvalue weighted by atomic mass is 9.91. The summed E-state index contributed by atoms with van der Waals surface area (Å²) in [5.74, 6) is 1.44. The molecule has 0 N–H and O–H groups in total. The van der Waals surface area contributed by atoms with E-state index in [0.717, 1.165) is 29.7 Å². The fraction of sp³-hybridized carbons (Fsp3) is 0.571. The summed E-state index contributed by atoms with van der Waals surface area (Å²) < 4.78 is 12.3. The van der Waals surface area contributed by atoms with Crippen LogP contribution in [0.3, 0.4) is 0 Å². The van der Waals surface area contributed by atoms with Gasteiger partial charge >= 0.3 is 0 Å². The molecule has 0 spiro atoms. The first-order chi connectivity index (χ1) is 8.67. The SMILES string of the molecule is CCC1OCCC1C(Br)c1cc(Br)ccc1OC. The van der Waals surface area contributed by atoms with Crippen LogP contribution in [0.25, 0.3) is 0 Å². The Morgan fingerprint density at radius 2 is 2.28 bits per heavy atom. The summed E-state index contributed by atoms with van der Waals surface area (Å²) in [5, 5.41) is 0. The van der Waals surface area contributed by atoms with Crippen molar-refractivity contribution in [2.75, 3.05) is 13.7 Å². The standard InChI is InChI=1S/C14H18Br2O2/c1-3-12-10(6-7-18-12)14(16)11-8-9(15)4-5-13(11)17-2/h4-5,8,10,12,14H,3,6-7H2,1-2H3. The van der Waals surface area contributed by atoms with Gasteiger partial charge in [0.15, 0.2) is 0 Å². The van der Waals surface area contributed by atoms with E-state index in [1.807, 2.05) is 12.1 Å². The maximum Gasteiger partial charge on any atom is 0.123 e. The van der Waals surface area contributed by atoms with E-state index in [1.165, 1.54) is 5.56 Å². The highest BCUT2D eigenvalue weighted by atomic mass is 79.9. The topological polar surface area (TPSA) is 18.5 Å². The number of rotatable bonds is 4. The summed E-state index contributed by atoms with van der Waals surface area (Å²) in [5.41, 5.74) is 1.20. The lowest BCUT2D eigenvalue weighted by molar-refractivity contribution is 0.0871. The summed E-state index contributed by atoms with van der Waals surface area (Å²) >= 11 is 7.37. The van der Waals surface area contributed by atoms with Crippen LogP contribution in [-0.2, 0) is 4.74 Å². The summed E-state index contributed by atoms with van der Waals surface area (Å²) in [6, 6.07) is 6.14. The summed E-state index contributed by atoms with van der Waals surface area (Å²) in [6.07, 6.45) is 2.51. The highest BCUT2D eigenvalue weighted by molar-refractivity contribution is 9.10. The van der Waals surface area contributed by atoms with Crippen LogP contribution in [0.2, 0.25) is 0 Å². The van der Waals surface area contributed by atoms with Gasteiger partial charge in [0.2, 0.25) is 0 Å². The fourth-order valence-electron chi connectivity index (χ4n) is 2.57. The minimum atomic E-state index is 0.275. The van der Waals surface area contributed by atoms with Gasteiger partial charge in [0.1, 0.15) is 5.75 Å². The second-order valence-electron chi connectivity index (χ2n) is 4.56. The van der Waals surface area contributed by atoms with Crippen LogP contribution in [-0.4, -0.2) is 19.8 Å². The molecule has 18 heavy (non-hydrogen) atoms. The molecule has 0 amide bonds. The van der Waals surface area contributed by atoms with Gasteiger partial charge in [-0.3, -0.25) is 0 Å². The van der Waals surface area contributed by atoms with Crippen molar-refractivity contribution in [1.29, 1.82) is 0 Å². The second kappa shape index (κ2) is 6.40.